The van der Waals surface area contributed by atoms with Crippen molar-refractivity contribution in [1.29, 1.82) is 0 Å². The number of amides is 1. The number of hydrogen-bond donors (Lipinski definition) is 1. The summed E-state index contributed by atoms with van der Waals surface area (Å²) >= 11 is 5.81. The molecule has 0 aliphatic carbocycles. The number of pyridine rings is 1. The lowest BCUT2D eigenvalue weighted by Crippen LogP contribution is -2.13. The molecule has 1 aromatic heterocycles. The van der Waals surface area contributed by atoms with Crippen LogP contribution >= 0.6 is 11.6 Å². The van der Waals surface area contributed by atoms with Gasteiger partial charge in [-0.1, -0.05) is 41.9 Å². The smallest absolute Gasteiger partial charge is 0.225 e. The van der Waals surface area contributed by atoms with E-state index in [0.29, 0.717) is 23.7 Å². The van der Waals surface area contributed by atoms with E-state index in [0.717, 1.165) is 5.56 Å². The van der Waals surface area contributed by atoms with Crippen LogP contribution in [0.5, 0.6) is 0 Å². The van der Waals surface area contributed by atoms with Crippen LogP contribution < -0.4 is 5.32 Å². The summed E-state index contributed by atoms with van der Waals surface area (Å²) in [6.07, 6.45) is 2.71. The first-order valence-electron chi connectivity index (χ1n) is 5.69. The lowest BCUT2D eigenvalue weighted by atomic mass is 10.1. The first kappa shape index (κ1) is 12.6. The maximum atomic E-state index is 11.7. The molecule has 0 saturated heterocycles. The average molecular weight is 261 g/mol. The number of carbonyl (C=O) groups excluding carboxylic acids is 1. The van der Waals surface area contributed by atoms with Crippen LogP contribution in [0, 0.1) is 0 Å². The zero-order chi connectivity index (χ0) is 12.8. The van der Waals surface area contributed by atoms with Gasteiger partial charge in [0.05, 0.1) is 0 Å². The van der Waals surface area contributed by atoms with Crippen molar-refractivity contribution < 1.29 is 4.79 Å². The molecule has 92 valence electrons. The number of nitrogens with zero attached hydrogens (tertiary/aromatic N) is 1. The van der Waals surface area contributed by atoms with Crippen molar-refractivity contribution in [3.8, 4) is 0 Å². The van der Waals surface area contributed by atoms with Crippen LogP contribution in [-0.4, -0.2) is 10.9 Å². The fraction of sp³-hybridized carbons (Fsp3) is 0.143. The Morgan fingerprint density at radius 3 is 2.72 bits per heavy atom. The van der Waals surface area contributed by atoms with Gasteiger partial charge in [-0.05, 0) is 24.1 Å². The normalized spacial score (nSPS) is 10.1. The molecule has 1 aromatic carbocycles. The number of aryl methyl sites for hydroxylation is 1. The zero-order valence-corrected chi connectivity index (χ0v) is 10.5. The Kier molecular flexibility index (Phi) is 4.31. The summed E-state index contributed by atoms with van der Waals surface area (Å²) < 4.78 is 0. The second-order valence-corrected chi connectivity index (χ2v) is 4.33. The lowest BCUT2D eigenvalue weighted by molar-refractivity contribution is -0.116. The van der Waals surface area contributed by atoms with Crippen LogP contribution in [-0.2, 0) is 11.2 Å². The average Bonchev–Trinajstić information content (AvgIpc) is 2.38. The van der Waals surface area contributed by atoms with Gasteiger partial charge in [0, 0.05) is 17.6 Å². The molecule has 1 heterocycles. The van der Waals surface area contributed by atoms with E-state index in [-0.39, 0.29) is 5.91 Å². The molecular weight excluding hydrogens is 248 g/mol. The number of aromatic nitrogens is 1. The fourth-order valence-corrected chi connectivity index (χ4v) is 1.74. The molecule has 0 aliphatic rings. The minimum atomic E-state index is -0.0615. The van der Waals surface area contributed by atoms with Gasteiger partial charge in [0.15, 0.2) is 0 Å². The van der Waals surface area contributed by atoms with Crippen molar-refractivity contribution in [2.45, 2.75) is 12.8 Å². The topological polar surface area (TPSA) is 42.0 Å². The van der Waals surface area contributed by atoms with Gasteiger partial charge in [-0.2, -0.15) is 0 Å². The maximum Gasteiger partial charge on any atom is 0.225 e. The van der Waals surface area contributed by atoms with E-state index in [1.54, 1.807) is 18.3 Å². The highest BCUT2D eigenvalue weighted by molar-refractivity contribution is 6.30. The third-order valence-electron chi connectivity index (χ3n) is 2.47. The van der Waals surface area contributed by atoms with Gasteiger partial charge in [-0.25, -0.2) is 4.98 Å². The van der Waals surface area contributed by atoms with E-state index in [1.807, 2.05) is 30.3 Å². The summed E-state index contributed by atoms with van der Waals surface area (Å²) in [6.45, 7) is 0. The summed E-state index contributed by atoms with van der Waals surface area (Å²) in [6, 6.07) is 13.2. The SMILES string of the molecule is O=C(CCc1ccccc1)Nc1cc(Cl)ccn1. The molecular formula is C14H13ClN2O. The molecule has 1 N–H and O–H groups in total. The van der Waals surface area contributed by atoms with Crippen LogP contribution in [0.15, 0.2) is 48.7 Å². The second kappa shape index (κ2) is 6.17. The largest absolute Gasteiger partial charge is 0.311 e. The van der Waals surface area contributed by atoms with Crippen molar-refractivity contribution in [1.82, 2.24) is 4.98 Å². The molecule has 2 rings (SSSR count). The van der Waals surface area contributed by atoms with Gasteiger partial charge in [-0.3, -0.25) is 4.79 Å². The van der Waals surface area contributed by atoms with Crippen molar-refractivity contribution in [3.05, 3.63) is 59.2 Å². The molecule has 3 nitrogen and oxygen atoms in total. The molecule has 0 atom stereocenters. The Bertz CT molecular complexity index is 528. The molecule has 0 fully saturated rings. The fourth-order valence-electron chi connectivity index (χ4n) is 1.58. The number of nitrogens with one attached hydrogen (secondary N) is 1. The monoisotopic (exact) mass is 260 g/mol. The third-order valence-corrected chi connectivity index (χ3v) is 2.71. The standard InChI is InChI=1S/C14H13ClN2O/c15-12-8-9-16-13(10-12)17-14(18)7-6-11-4-2-1-3-5-11/h1-5,8-10H,6-7H2,(H,16,17,18). The van der Waals surface area contributed by atoms with E-state index in [4.69, 9.17) is 11.6 Å². The number of benzene rings is 1. The zero-order valence-electron chi connectivity index (χ0n) is 9.77. The summed E-state index contributed by atoms with van der Waals surface area (Å²) in [4.78, 5) is 15.7. The second-order valence-electron chi connectivity index (χ2n) is 3.89. The Hall–Kier alpha value is -1.87. The first-order chi connectivity index (χ1) is 8.74. The van der Waals surface area contributed by atoms with Crippen molar-refractivity contribution in [2.24, 2.45) is 0 Å². The predicted octanol–water partition coefficient (Wildman–Crippen LogP) is 3.31. The molecule has 2 aromatic rings. The molecule has 0 unspecified atom stereocenters. The highest BCUT2D eigenvalue weighted by Gasteiger charge is 2.04. The molecule has 18 heavy (non-hydrogen) atoms. The molecule has 0 spiro atoms. The number of halogens is 1. The Labute approximate surface area is 111 Å². The van der Waals surface area contributed by atoms with E-state index in [2.05, 4.69) is 10.3 Å². The molecule has 1 amide bonds. The highest BCUT2D eigenvalue weighted by Crippen LogP contribution is 2.12. The van der Waals surface area contributed by atoms with Crippen LogP contribution in [0.3, 0.4) is 0 Å². The Balaban J connectivity index is 1.86. The summed E-state index contributed by atoms with van der Waals surface area (Å²) in [5.41, 5.74) is 1.15. The maximum absolute atomic E-state index is 11.7. The number of carbonyl (C=O) groups is 1. The highest BCUT2D eigenvalue weighted by atomic mass is 35.5. The van der Waals surface area contributed by atoms with Crippen LogP contribution in [0.25, 0.3) is 0 Å². The summed E-state index contributed by atoms with van der Waals surface area (Å²) in [5.74, 6) is 0.425. The van der Waals surface area contributed by atoms with Crippen molar-refractivity contribution >= 4 is 23.3 Å². The molecule has 0 bridgehead atoms. The minimum absolute atomic E-state index is 0.0615. The van der Waals surface area contributed by atoms with Gasteiger partial charge >= 0.3 is 0 Å². The number of hydrogen-bond acceptors (Lipinski definition) is 2. The van der Waals surface area contributed by atoms with Crippen LogP contribution in [0.4, 0.5) is 5.82 Å². The predicted molar refractivity (Wildman–Crippen MR) is 72.6 cm³/mol. The van der Waals surface area contributed by atoms with Gasteiger partial charge in [0.25, 0.3) is 0 Å². The number of rotatable bonds is 4. The van der Waals surface area contributed by atoms with Crippen molar-refractivity contribution in [3.63, 3.8) is 0 Å². The summed E-state index contributed by atoms with van der Waals surface area (Å²) in [5, 5.41) is 3.28. The minimum Gasteiger partial charge on any atom is -0.311 e. The third kappa shape index (κ3) is 3.86. The number of anilines is 1. The van der Waals surface area contributed by atoms with Gasteiger partial charge in [0.1, 0.15) is 5.82 Å². The molecule has 0 radical (unpaired) electrons. The van der Waals surface area contributed by atoms with Gasteiger partial charge < -0.3 is 5.32 Å². The van der Waals surface area contributed by atoms with Crippen molar-refractivity contribution in [2.75, 3.05) is 5.32 Å². The van der Waals surface area contributed by atoms with E-state index >= 15 is 0 Å². The quantitative estimate of drug-likeness (QED) is 0.916. The van der Waals surface area contributed by atoms with E-state index in [1.165, 1.54) is 0 Å². The Morgan fingerprint density at radius 2 is 2.00 bits per heavy atom. The van der Waals surface area contributed by atoms with Crippen LogP contribution in [0.2, 0.25) is 5.02 Å². The van der Waals surface area contributed by atoms with Gasteiger partial charge in [-0.15, -0.1) is 0 Å². The molecule has 0 aliphatic heterocycles. The Morgan fingerprint density at radius 1 is 1.22 bits per heavy atom. The molecule has 0 saturated carbocycles. The first-order valence-corrected chi connectivity index (χ1v) is 6.07. The molecule has 4 heteroatoms. The van der Waals surface area contributed by atoms with Crippen LogP contribution in [0.1, 0.15) is 12.0 Å². The lowest BCUT2D eigenvalue weighted by Gasteiger charge is -2.04. The van der Waals surface area contributed by atoms with E-state index in [9.17, 15) is 4.79 Å². The van der Waals surface area contributed by atoms with Gasteiger partial charge in [0.2, 0.25) is 5.91 Å². The van der Waals surface area contributed by atoms with E-state index < -0.39 is 0 Å². The summed E-state index contributed by atoms with van der Waals surface area (Å²) in [7, 11) is 0.